The van der Waals surface area contributed by atoms with E-state index >= 15 is 0 Å². The van der Waals surface area contributed by atoms with Crippen LogP contribution >= 0.6 is 15.9 Å². The van der Waals surface area contributed by atoms with Gasteiger partial charge in [0.25, 0.3) is 0 Å². The maximum atomic E-state index is 13.3. The van der Waals surface area contributed by atoms with E-state index < -0.39 is 6.04 Å². The molecule has 2 N–H and O–H groups in total. The molecule has 0 saturated heterocycles. The first-order valence-electron chi connectivity index (χ1n) is 3.89. The van der Waals surface area contributed by atoms with Crippen molar-refractivity contribution >= 4 is 15.9 Å². The fourth-order valence-electron chi connectivity index (χ4n) is 1.05. The molecule has 1 aromatic rings. The van der Waals surface area contributed by atoms with E-state index in [9.17, 15) is 4.39 Å². The van der Waals surface area contributed by atoms with E-state index in [2.05, 4.69) is 22.5 Å². The number of halogens is 2. The first-order valence-corrected chi connectivity index (χ1v) is 4.68. The fourth-order valence-corrected chi connectivity index (χ4v) is 1.64. The highest BCUT2D eigenvalue weighted by molar-refractivity contribution is 9.10. The molecule has 0 aromatic heterocycles. The van der Waals surface area contributed by atoms with E-state index in [0.29, 0.717) is 10.0 Å². The summed E-state index contributed by atoms with van der Waals surface area (Å²) in [6.07, 6.45) is 0. The molecule has 0 radical (unpaired) electrons. The van der Waals surface area contributed by atoms with Gasteiger partial charge in [0.2, 0.25) is 0 Å². The van der Waals surface area contributed by atoms with Crippen LogP contribution in [-0.4, -0.2) is 0 Å². The maximum absolute atomic E-state index is 13.3. The van der Waals surface area contributed by atoms with E-state index in [1.807, 2.05) is 0 Å². The lowest BCUT2D eigenvalue weighted by atomic mass is 10.0. The number of hydrogen-bond donors (Lipinski definition) is 1. The minimum atomic E-state index is -0.449. The molecule has 70 valence electrons. The van der Waals surface area contributed by atoms with E-state index in [4.69, 9.17) is 5.73 Å². The molecule has 0 spiro atoms. The maximum Gasteiger partial charge on any atom is 0.129 e. The molecule has 0 amide bonds. The van der Waals surface area contributed by atoms with Crippen LogP contribution in [0.1, 0.15) is 18.5 Å². The SMILES string of the molecule is C=C(C)C(N)c1c(F)cccc1Br. The Bertz CT molecular complexity index is 315. The van der Waals surface area contributed by atoms with Crippen LogP contribution in [-0.2, 0) is 0 Å². The third kappa shape index (κ3) is 2.17. The van der Waals surface area contributed by atoms with E-state index in [1.165, 1.54) is 6.07 Å². The van der Waals surface area contributed by atoms with Crippen LogP contribution in [0.4, 0.5) is 4.39 Å². The molecule has 0 aliphatic carbocycles. The van der Waals surface area contributed by atoms with Gasteiger partial charge < -0.3 is 5.73 Å². The predicted molar refractivity (Wildman–Crippen MR) is 55.8 cm³/mol. The van der Waals surface area contributed by atoms with Crippen molar-refractivity contribution in [1.82, 2.24) is 0 Å². The zero-order valence-electron chi connectivity index (χ0n) is 7.35. The topological polar surface area (TPSA) is 26.0 Å². The number of nitrogens with two attached hydrogens (primary N) is 1. The van der Waals surface area contributed by atoms with Crippen molar-refractivity contribution in [3.63, 3.8) is 0 Å². The van der Waals surface area contributed by atoms with Gasteiger partial charge in [-0.05, 0) is 19.1 Å². The van der Waals surface area contributed by atoms with Crippen molar-refractivity contribution in [3.8, 4) is 0 Å². The van der Waals surface area contributed by atoms with Crippen molar-refractivity contribution in [2.24, 2.45) is 5.73 Å². The lowest BCUT2D eigenvalue weighted by Crippen LogP contribution is -2.13. The van der Waals surface area contributed by atoms with Crippen LogP contribution < -0.4 is 5.73 Å². The third-order valence-electron chi connectivity index (χ3n) is 1.84. The Morgan fingerprint density at radius 2 is 2.23 bits per heavy atom. The molecule has 0 heterocycles. The summed E-state index contributed by atoms with van der Waals surface area (Å²) in [7, 11) is 0. The zero-order valence-corrected chi connectivity index (χ0v) is 8.94. The Kier molecular flexibility index (Phi) is 3.22. The lowest BCUT2D eigenvalue weighted by molar-refractivity contribution is 0.596. The van der Waals surface area contributed by atoms with Crippen LogP contribution in [0.25, 0.3) is 0 Å². The Balaban J connectivity index is 3.20. The molecule has 0 aliphatic heterocycles. The van der Waals surface area contributed by atoms with E-state index in [-0.39, 0.29) is 5.82 Å². The molecule has 0 bridgehead atoms. The molecule has 0 saturated carbocycles. The molecule has 0 fully saturated rings. The van der Waals surface area contributed by atoms with Crippen molar-refractivity contribution in [2.45, 2.75) is 13.0 Å². The lowest BCUT2D eigenvalue weighted by Gasteiger charge is -2.14. The Labute approximate surface area is 85.6 Å². The summed E-state index contributed by atoms with van der Waals surface area (Å²) in [5.74, 6) is -0.301. The molecule has 0 aliphatic rings. The summed E-state index contributed by atoms with van der Waals surface area (Å²) in [5.41, 5.74) is 6.98. The highest BCUT2D eigenvalue weighted by atomic mass is 79.9. The van der Waals surface area contributed by atoms with Gasteiger partial charge in [0, 0.05) is 10.0 Å². The van der Waals surface area contributed by atoms with Gasteiger partial charge in [-0.2, -0.15) is 0 Å². The van der Waals surface area contributed by atoms with Gasteiger partial charge in [-0.3, -0.25) is 0 Å². The Morgan fingerprint density at radius 3 is 2.69 bits per heavy atom. The highest BCUT2D eigenvalue weighted by Gasteiger charge is 2.14. The standard InChI is InChI=1S/C10H11BrFN/c1-6(2)10(13)9-7(11)4-3-5-8(9)12/h3-5,10H,1,13H2,2H3. The van der Waals surface area contributed by atoms with E-state index in [0.717, 1.165) is 5.57 Å². The monoisotopic (exact) mass is 243 g/mol. The van der Waals surface area contributed by atoms with Gasteiger partial charge in [0.15, 0.2) is 0 Å². The van der Waals surface area contributed by atoms with Crippen molar-refractivity contribution in [3.05, 3.63) is 46.2 Å². The fraction of sp³-hybridized carbons (Fsp3) is 0.200. The third-order valence-corrected chi connectivity index (χ3v) is 2.53. The Hall–Kier alpha value is -0.670. The smallest absolute Gasteiger partial charge is 0.129 e. The second-order valence-corrected chi connectivity index (χ2v) is 3.81. The first-order chi connectivity index (χ1) is 6.04. The van der Waals surface area contributed by atoms with Crippen LogP contribution in [0.5, 0.6) is 0 Å². The van der Waals surface area contributed by atoms with Gasteiger partial charge in [0.1, 0.15) is 5.82 Å². The average molecular weight is 244 g/mol. The highest BCUT2D eigenvalue weighted by Crippen LogP contribution is 2.27. The van der Waals surface area contributed by atoms with Gasteiger partial charge in [-0.1, -0.05) is 34.1 Å². The molecule has 1 nitrogen and oxygen atoms in total. The van der Waals surface area contributed by atoms with Gasteiger partial charge in [0.05, 0.1) is 6.04 Å². The first kappa shape index (κ1) is 10.4. The van der Waals surface area contributed by atoms with Gasteiger partial charge in [-0.15, -0.1) is 0 Å². The largest absolute Gasteiger partial charge is 0.320 e. The number of benzene rings is 1. The summed E-state index contributed by atoms with van der Waals surface area (Å²) in [6.45, 7) is 5.48. The minimum Gasteiger partial charge on any atom is -0.320 e. The van der Waals surface area contributed by atoms with Gasteiger partial charge in [-0.25, -0.2) is 4.39 Å². The summed E-state index contributed by atoms with van der Waals surface area (Å²) in [5, 5.41) is 0. The second-order valence-electron chi connectivity index (χ2n) is 2.96. The van der Waals surface area contributed by atoms with Crippen molar-refractivity contribution in [1.29, 1.82) is 0 Å². The van der Waals surface area contributed by atoms with Crippen molar-refractivity contribution < 1.29 is 4.39 Å². The molecular weight excluding hydrogens is 233 g/mol. The molecule has 1 unspecified atom stereocenters. The number of rotatable bonds is 2. The van der Waals surface area contributed by atoms with Crippen LogP contribution in [0, 0.1) is 5.82 Å². The van der Waals surface area contributed by atoms with Gasteiger partial charge >= 0.3 is 0 Å². The molecule has 13 heavy (non-hydrogen) atoms. The van der Waals surface area contributed by atoms with Crippen LogP contribution in [0.15, 0.2) is 34.8 Å². The zero-order chi connectivity index (χ0) is 10.0. The Morgan fingerprint density at radius 1 is 1.62 bits per heavy atom. The molecule has 3 heteroatoms. The minimum absolute atomic E-state index is 0.301. The quantitative estimate of drug-likeness (QED) is 0.794. The van der Waals surface area contributed by atoms with Crippen LogP contribution in [0.2, 0.25) is 0 Å². The normalized spacial score (nSPS) is 12.6. The van der Waals surface area contributed by atoms with Crippen molar-refractivity contribution in [2.75, 3.05) is 0 Å². The molecule has 1 atom stereocenters. The molecule has 1 rings (SSSR count). The summed E-state index contributed by atoms with van der Waals surface area (Å²) in [4.78, 5) is 0. The second kappa shape index (κ2) is 4.03. The summed E-state index contributed by atoms with van der Waals surface area (Å²) >= 11 is 3.25. The summed E-state index contributed by atoms with van der Waals surface area (Å²) < 4.78 is 14.0. The van der Waals surface area contributed by atoms with E-state index in [1.54, 1.807) is 19.1 Å². The molecule has 1 aromatic carbocycles. The summed E-state index contributed by atoms with van der Waals surface area (Å²) in [6, 6.07) is 4.34. The van der Waals surface area contributed by atoms with Crippen LogP contribution in [0.3, 0.4) is 0 Å². The molecular formula is C10H11BrFN. The predicted octanol–water partition coefficient (Wildman–Crippen LogP) is 3.16. The average Bonchev–Trinajstić information content (AvgIpc) is 2.03. The number of hydrogen-bond acceptors (Lipinski definition) is 1.